The standard InChI is InChI=1S/C31H38ClN5O3S2/c1-41(2,3)19-20-42(38,39)36-16-11-25(12-17-36)40-24-8-5-22(6-9-24)30-29-26(27-21-23(32)7-10-28(27)35-29)13-18-37(30)31-33-14-4-15-34-31/h4-10,14-15,21,25,30,35H,11-13,16-20H2,1-3H3. The SMILES string of the molecule is CS(C)(C)CCS(=O)(=O)N1CCC(Oc2ccc(C3c4[nH]c5ccc(Cl)cc5c4CCN3c3ncccn3)cc2)CC1. The van der Waals surface area contributed by atoms with Crippen LogP contribution < -0.4 is 9.64 Å². The van der Waals surface area contributed by atoms with Crippen LogP contribution in [0.15, 0.2) is 60.9 Å². The summed E-state index contributed by atoms with van der Waals surface area (Å²) < 4.78 is 33.7. The van der Waals surface area contributed by atoms with Gasteiger partial charge in [-0.1, -0.05) is 23.7 Å². The summed E-state index contributed by atoms with van der Waals surface area (Å²) in [5.74, 6) is 2.45. The molecule has 2 aromatic heterocycles. The number of aromatic amines is 1. The Morgan fingerprint density at radius 1 is 0.976 bits per heavy atom. The average Bonchev–Trinajstić information content (AvgIpc) is 3.34. The molecule has 8 nitrogen and oxygen atoms in total. The number of benzene rings is 2. The van der Waals surface area contributed by atoms with Crippen LogP contribution in [-0.2, 0) is 16.4 Å². The van der Waals surface area contributed by atoms with E-state index in [9.17, 15) is 8.42 Å². The first-order chi connectivity index (χ1) is 20.1. The van der Waals surface area contributed by atoms with E-state index in [1.165, 1.54) is 5.56 Å². The molecule has 0 aliphatic carbocycles. The van der Waals surface area contributed by atoms with Crippen LogP contribution in [0.2, 0.25) is 5.02 Å². The van der Waals surface area contributed by atoms with Gasteiger partial charge in [-0.15, -0.1) is 0 Å². The van der Waals surface area contributed by atoms with Gasteiger partial charge in [0.1, 0.15) is 11.9 Å². The molecular weight excluding hydrogens is 590 g/mol. The zero-order valence-corrected chi connectivity index (χ0v) is 26.7. The maximum absolute atomic E-state index is 12.9. The van der Waals surface area contributed by atoms with E-state index in [4.69, 9.17) is 16.3 Å². The maximum atomic E-state index is 12.9. The van der Waals surface area contributed by atoms with E-state index in [0.717, 1.165) is 51.7 Å². The zero-order valence-electron chi connectivity index (χ0n) is 24.3. The van der Waals surface area contributed by atoms with E-state index >= 15 is 0 Å². The van der Waals surface area contributed by atoms with Gasteiger partial charge in [0, 0.05) is 53.6 Å². The smallest absolute Gasteiger partial charge is 0.226 e. The van der Waals surface area contributed by atoms with Gasteiger partial charge in [-0.05, 0) is 91.3 Å². The van der Waals surface area contributed by atoms with Gasteiger partial charge in [-0.2, -0.15) is 0 Å². The Morgan fingerprint density at radius 3 is 2.38 bits per heavy atom. The summed E-state index contributed by atoms with van der Waals surface area (Å²) in [6.45, 7) is 1.79. The molecule has 11 heteroatoms. The number of hydrogen-bond donors (Lipinski definition) is 1. The first kappa shape index (κ1) is 29.3. The number of hydrogen-bond acceptors (Lipinski definition) is 6. The van der Waals surface area contributed by atoms with Crippen LogP contribution in [-0.4, -0.2) is 83.7 Å². The second-order valence-corrected chi connectivity index (χ2v) is 19.1. The van der Waals surface area contributed by atoms with Crippen molar-refractivity contribution in [2.24, 2.45) is 0 Å². The summed E-state index contributed by atoms with van der Waals surface area (Å²) in [7, 11) is -4.07. The number of piperidine rings is 1. The second kappa shape index (κ2) is 11.7. The number of nitrogens with one attached hydrogen (secondary N) is 1. The Bertz CT molecular complexity index is 1650. The van der Waals surface area contributed by atoms with Gasteiger partial charge >= 0.3 is 0 Å². The first-order valence-corrected chi connectivity index (χ1v) is 19.3. The van der Waals surface area contributed by atoms with E-state index in [-0.39, 0.29) is 17.9 Å². The Hall–Kier alpha value is -2.79. The highest BCUT2D eigenvalue weighted by Crippen LogP contribution is 2.41. The third-order valence-corrected chi connectivity index (χ3v) is 11.9. The molecule has 0 amide bonds. The molecule has 4 aromatic rings. The minimum absolute atomic E-state index is 0.00973. The van der Waals surface area contributed by atoms with Gasteiger partial charge in [0.2, 0.25) is 16.0 Å². The van der Waals surface area contributed by atoms with Crippen LogP contribution >= 0.6 is 21.6 Å². The number of halogens is 1. The molecule has 0 radical (unpaired) electrons. The molecule has 1 atom stereocenters. The second-order valence-electron chi connectivity index (χ2n) is 12.0. The lowest BCUT2D eigenvalue weighted by atomic mass is 9.92. The lowest BCUT2D eigenvalue weighted by molar-refractivity contribution is 0.135. The molecule has 1 fully saturated rings. The molecule has 1 saturated heterocycles. The number of H-pyrrole nitrogens is 1. The molecule has 1 unspecified atom stereocenters. The number of ether oxygens (including phenoxy) is 1. The van der Waals surface area contributed by atoms with Crippen molar-refractivity contribution in [3.05, 3.63) is 82.8 Å². The van der Waals surface area contributed by atoms with Crippen molar-refractivity contribution in [2.45, 2.75) is 31.4 Å². The Labute approximate surface area is 254 Å². The summed E-state index contributed by atoms with van der Waals surface area (Å²) in [4.78, 5) is 15.0. The van der Waals surface area contributed by atoms with E-state index in [0.29, 0.717) is 31.9 Å². The van der Waals surface area contributed by atoms with Crippen LogP contribution in [0.3, 0.4) is 0 Å². The minimum atomic E-state index is -3.22. The fourth-order valence-corrected chi connectivity index (χ4v) is 9.94. The Morgan fingerprint density at radius 2 is 1.69 bits per heavy atom. The molecule has 0 spiro atoms. The van der Waals surface area contributed by atoms with E-state index in [1.54, 1.807) is 16.7 Å². The van der Waals surface area contributed by atoms with Crippen LogP contribution in [0.25, 0.3) is 10.9 Å². The molecule has 6 rings (SSSR count). The number of fused-ring (bicyclic) bond motifs is 3. The van der Waals surface area contributed by atoms with Crippen LogP contribution in [0, 0.1) is 0 Å². The lowest BCUT2D eigenvalue weighted by Crippen LogP contribution is -2.43. The molecule has 2 aliphatic rings. The number of nitrogens with zero attached hydrogens (tertiary/aromatic N) is 4. The molecular formula is C31H38ClN5O3S2. The number of aromatic nitrogens is 3. The normalized spacial score (nSPS) is 19.1. The van der Waals surface area contributed by atoms with Gasteiger partial charge in [0.15, 0.2) is 0 Å². The minimum Gasteiger partial charge on any atom is -0.490 e. The Balaban J connectivity index is 1.19. The Kier molecular flexibility index (Phi) is 8.17. The summed E-state index contributed by atoms with van der Waals surface area (Å²) >= 11 is 6.36. The zero-order chi connectivity index (χ0) is 29.5. The highest BCUT2D eigenvalue weighted by Gasteiger charge is 2.34. The van der Waals surface area contributed by atoms with Gasteiger partial charge in [-0.3, -0.25) is 0 Å². The lowest BCUT2D eigenvalue weighted by Gasteiger charge is -2.36. The number of rotatable bonds is 8. The van der Waals surface area contributed by atoms with Crippen LogP contribution in [0.4, 0.5) is 5.95 Å². The predicted molar refractivity (Wildman–Crippen MR) is 174 cm³/mol. The molecule has 4 heterocycles. The van der Waals surface area contributed by atoms with Gasteiger partial charge < -0.3 is 14.6 Å². The third kappa shape index (κ3) is 6.27. The van der Waals surface area contributed by atoms with Crippen molar-refractivity contribution in [2.75, 3.05) is 54.8 Å². The molecule has 0 saturated carbocycles. The van der Waals surface area contributed by atoms with E-state index in [2.05, 4.69) is 50.8 Å². The monoisotopic (exact) mass is 627 g/mol. The van der Waals surface area contributed by atoms with Crippen molar-refractivity contribution in [1.82, 2.24) is 19.3 Å². The van der Waals surface area contributed by atoms with Crippen molar-refractivity contribution in [3.8, 4) is 5.75 Å². The average molecular weight is 628 g/mol. The fraction of sp³-hybridized carbons (Fsp3) is 0.419. The van der Waals surface area contributed by atoms with Crippen molar-refractivity contribution < 1.29 is 13.2 Å². The van der Waals surface area contributed by atoms with Crippen molar-refractivity contribution >= 4 is 48.5 Å². The topological polar surface area (TPSA) is 91.4 Å². The van der Waals surface area contributed by atoms with Crippen molar-refractivity contribution in [1.29, 1.82) is 0 Å². The third-order valence-electron chi connectivity index (χ3n) is 8.14. The molecule has 42 heavy (non-hydrogen) atoms. The molecule has 2 aromatic carbocycles. The van der Waals surface area contributed by atoms with Gasteiger partial charge in [0.05, 0.1) is 11.8 Å². The quantitative estimate of drug-likeness (QED) is 0.272. The summed E-state index contributed by atoms with van der Waals surface area (Å²) in [6.07, 6.45) is 12.2. The van der Waals surface area contributed by atoms with Gasteiger partial charge in [-0.25, -0.2) is 32.7 Å². The highest BCUT2D eigenvalue weighted by molar-refractivity contribution is 8.32. The molecule has 224 valence electrons. The number of sulfonamides is 1. The predicted octanol–water partition coefficient (Wildman–Crippen LogP) is 5.63. The largest absolute Gasteiger partial charge is 0.490 e. The number of anilines is 1. The maximum Gasteiger partial charge on any atom is 0.226 e. The molecule has 0 bridgehead atoms. The highest BCUT2D eigenvalue weighted by atomic mass is 35.5. The van der Waals surface area contributed by atoms with Gasteiger partial charge in [0.25, 0.3) is 0 Å². The summed E-state index contributed by atoms with van der Waals surface area (Å²) in [5.41, 5.74) is 4.57. The van der Waals surface area contributed by atoms with Crippen molar-refractivity contribution in [3.63, 3.8) is 0 Å². The molecule has 2 aliphatic heterocycles. The fourth-order valence-electron chi connectivity index (χ4n) is 5.90. The summed E-state index contributed by atoms with van der Waals surface area (Å²) in [5, 5.41) is 1.88. The summed E-state index contributed by atoms with van der Waals surface area (Å²) in [6, 6.07) is 16.0. The molecule has 1 N–H and O–H groups in total. The van der Waals surface area contributed by atoms with Crippen LogP contribution in [0.5, 0.6) is 5.75 Å². The van der Waals surface area contributed by atoms with E-state index < -0.39 is 20.1 Å². The van der Waals surface area contributed by atoms with E-state index in [1.807, 2.05) is 36.4 Å². The van der Waals surface area contributed by atoms with Crippen LogP contribution in [0.1, 0.15) is 35.7 Å². The first-order valence-electron chi connectivity index (χ1n) is 14.3.